The lowest BCUT2D eigenvalue weighted by Gasteiger charge is -2.39. The van der Waals surface area contributed by atoms with Crippen LogP contribution in [-0.4, -0.2) is 61.7 Å². The smallest absolute Gasteiger partial charge is 0.129 e. The molecule has 0 saturated carbocycles. The molecule has 4 rings (SSSR count). The quantitative estimate of drug-likeness (QED) is 0.830. The molecule has 6 heteroatoms. The van der Waals surface area contributed by atoms with Crippen LogP contribution >= 0.6 is 0 Å². The van der Waals surface area contributed by atoms with Gasteiger partial charge in [-0.3, -0.25) is 4.90 Å². The molecule has 0 bridgehead atoms. The number of rotatable bonds is 2. The fraction of sp³-hybridized carbons (Fsp3) is 0.579. The van der Waals surface area contributed by atoms with Gasteiger partial charge >= 0.3 is 0 Å². The number of nitrogens with zero attached hydrogens (tertiary/aromatic N) is 2. The Kier molecular flexibility index (Phi) is 4.62. The second-order valence-corrected chi connectivity index (χ2v) is 7.57. The first kappa shape index (κ1) is 17.1. The van der Waals surface area contributed by atoms with E-state index >= 15 is 0 Å². The monoisotopic (exact) mass is 349 g/mol. The average Bonchev–Trinajstić information content (AvgIpc) is 3.00. The van der Waals surface area contributed by atoms with Crippen LogP contribution < -0.4 is 5.73 Å². The summed E-state index contributed by atoms with van der Waals surface area (Å²) in [6.07, 6.45) is 1.29. The highest BCUT2D eigenvalue weighted by atomic mass is 19.1. The third kappa shape index (κ3) is 3.36. The van der Waals surface area contributed by atoms with Gasteiger partial charge in [0.2, 0.25) is 0 Å². The van der Waals surface area contributed by atoms with Crippen molar-refractivity contribution >= 4 is 0 Å². The Labute approximate surface area is 147 Å². The predicted molar refractivity (Wildman–Crippen MR) is 92.1 cm³/mol. The first-order valence-electron chi connectivity index (χ1n) is 8.95. The van der Waals surface area contributed by atoms with Gasteiger partial charge in [-0.15, -0.1) is 0 Å². The zero-order chi connectivity index (χ0) is 17.6. The van der Waals surface area contributed by atoms with Crippen LogP contribution in [0.25, 0.3) is 0 Å². The number of nitrogens with two attached hydrogens (primary N) is 1. The molecule has 4 nitrogen and oxygen atoms in total. The molecule has 0 amide bonds. The summed E-state index contributed by atoms with van der Waals surface area (Å²) >= 11 is 0. The lowest BCUT2D eigenvalue weighted by Crippen LogP contribution is -2.49. The number of hydrogen-bond acceptors (Lipinski definition) is 4. The summed E-state index contributed by atoms with van der Waals surface area (Å²) in [7, 11) is 2.16. The molecule has 136 valence electrons. The lowest BCUT2D eigenvalue weighted by atomic mass is 9.93. The molecule has 0 spiro atoms. The first-order valence-corrected chi connectivity index (χ1v) is 8.95. The Bertz CT molecular complexity index is 693. The Morgan fingerprint density at radius 2 is 1.96 bits per heavy atom. The van der Waals surface area contributed by atoms with Crippen LogP contribution in [-0.2, 0) is 4.74 Å². The SMILES string of the molecule is CN1CCC2=C(C1)CN(C1COC(c3cc(F)ccc3F)C(N)C1)C2. The van der Waals surface area contributed by atoms with Crippen molar-refractivity contribution in [2.45, 2.75) is 31.0 Å². The summed E-state index contributed by atoms with van der Waals surface area (Å²) in [4.78, 5) is 4.79. The van der Waals surface area contributed by atoms with Gasteiger partial charge in [-0.1, -0.05) is 5.57 Å². The van der Waals surface area contributed by atoms with Crippen molar-refractivity contribution in [1.29, 1.82) is 0 Å². The van der Waals surface area contributed by atoms with Gasteiger partial charge in [-0.2, -0.15) is 0 Å². The van der Waals surface area contributed by atoms with Crippen LogP contribution in [0.3, 0.4) is 0 Å². The Balaban J connectivity index is 1.42. The van der Waals surface area contributed by atoms with Crippen LogP contribution in [0.1, 0.15) is 24.5 Å². The van der Waals surface area contributed by atoms with Crippen LogP contribution in [0.15, 0.2) is 29.3 Å². The Morgan fingerprint density at radius 1 is 1.16 bits per heavy atom. The van der Waals surface area contributed by atoms with Crippen molar-refractivity contribution in [2.24, 2.45) is 5.73 Å². The molecule has 1 aromatic rings. The van der Waals surface area contributed by atoms with Crippen molar-refractivity contribution in [2.75, 3.05) is 39.8 Å². The molecule has 1 aromatic carbocycles. The molecule has 25 heavy (non-hydrogen) atoms. The van der Waals surface area contributed by atoms with Gasteiger partial charge < -0.3 is 15.4 Å². The van der Waals surface area contributed by atoms with Gasteiger partial charge in [0.05, 0.1) is 6.61 Å². The molecule has 3 aliphatic heterocycles. The minimum Gasteiger partial charge on any atom is -0.370 e. The summed E-state index contributed by atoms with van der Waals surface area (Å²) < 4.78 is 33.4. The second-order valence-electron chi connectivity index (χ2n) is 7.57. The number of ether oxygens (including phenoxy) is 1. The van der Waals surface area contributed by atoms with Crippen molar-refractivity contribution in [3.8, 4) is 0 Å². The summed E-state index contributed by atoms with van der Waals surface area (Å²) in [6, 6.07) is 3.36. The van der Waals surface area contributed by atoms with Gasteiger partial charge in [-0.25, -0.2) is 8.78 Å². The minimum atomic E-state index is -0.580. The van der Waals surface area contributed by atoms with E-state index in [0.717, 1.165) is 51.2 Å². The Hall–Kier alpha value is -1.34. The van der Waals surface area contributed by atoms with Crippen molar-refractivity contribution in [3.05, 3.63) is 46.5 Å². The minimum absolute atomic E-state index is 0.228. The van der Waals surface area contributed by atoms with Gasteiger partial charge in [0.15, 0.2) is 0 Å². The summed E-state index contributed by atoms with van der Waals surface area (Å²) in [5.74, 6) is -0.920. The average molecular weight is 349 g/mol. The van der Waals surface area contributed by atoms with Crippen LogP contribution in [0, 0.1) is 11.6 Å². The predicted octanol–water partition coefficient (Wildman–Crippen LogP) is 2.07. The highest BCUT2D eigenvalue weighted by Gasteiger charge is 2.37. The van der Waals surface area contributed by atoms with Gasteiger partial charge in [0.25, 0.3) is 0 Å². The highest BCUT2D eigenvalue weighted by Crippen LogP contribution is 2.34. The highest BCUT2D eigenvalue weighted by molar-refractivity contribution is 5.28. The van der Waals surface area contributed by atoms with Crippen LogP contribution in [0.4, 0.5) is 8.78 Å². The summed E-state index contributed by atoms with van der Waals surface area (Å²) in [6.45, 7) is 4.63. The normalized spacial score (nSPS) is 31.4. The van der Waals surface area contributed by atoms with Crippen molar-refractivity contribution in [3.63, 3.8) is 0 Å². The van der Waals surface area contributed by atoms with E-state index in [2.05, 4.69) is 16.8 Å². The first-order chi connectivity index (χ1) is 12.0. The largest absolute Gasteiger partial charge is 0.370 e. The molecule has 1 fully saturated rings. The van der Waals surface area contributed by atoms with E-state index in [1.165, 1.54) is 11.6 Å². The molecular weight excluding hydrogens is 324 g/mol. The maximum Gasteiger partial charge on any atom is 0.129 e. The van der Waals surface area contributed by atoms with E-state index in [4.69, 9.17) is 10.5 Å². The molecule has 0 aliphatic carbocycles. The van der Waals surface area contributed by atoms with Crippen LogP contribution in [0.5, 0.6) is 0 Å². The van der Waals surface area contributed by atoms with Gasteiger partial charge in [0, 0.05) is 43.8 Å². The molecule has 3 aliphatic rings. The maximum absolute atomic E-state index is 14.0. The van der Waals surface area contributed by atoms with Crippen molar-refractivity contribution < 1.29 is 13.5 Å². The summed E-state index contributed by atoms with van der Waals surface area (Å²) in [5, 5.41) is 0. The number of benzene rings is 1. The standard InChI is InChI=1S/C19H25F2N3O/c1-23-5-4-12-9-24(10-13(12)8-23)15-7-18(22)19(25-11-15)16-6-14(20)2-3-17(16)21/h2-3,6,15,18-19H,4-5,7-11,22H2,1H3. The second kappa shape index (κ2) is 6.76. The molecule has 1 saturated heterocycles. The van der Waals surface area contributed by atoms with E-state index in [0.29, 0.717) is 6.61 Å². The fourth-order valence-corrected chi connectivity index (χ4v) is 4.33. The third-order valence-corrected chi connectivity index (χ3v) is 5.73. The van der Waals surface area contributed by atoms with Crippen LogP contribution in [0.2, 0.25) is 0 Å². The number of likely N-dealkylation sites (N-methyl/N-ethyl adjacent to an activating group) is 1. The van der Waals surface area contributed by atoms with Crippen molar-refractivity contribution in [1.82, 2.24) is 9.80 Å². The molecule has 3 atom stereocenters. The zero-order valence-corrected chi connectivity index (χ0v) is 14.5. The van der Waals surface area contributed by atoms with Gasteiger partial charge in [0.1, 0.15) is 17.7 Å². The van der Waals surface area contributed by atoms with Gasteiger partial charge in [-0.05, 0) is 43.7 Å². The molecule has 0 aromatic heterocycles. The Morgan fingerprint density at radius 3 is 2.76 bits per heavy atom. The maximum atomic E-state index is 14.0. The van der Waals surface area contributed by atoms with E-state index in [9.17, 15) is 8.78 Å². The number of hydrogen-bond donors (Lipinski definition) is 1. The third-order valence-electron chi connectivity index (χ3n) is 5.73. The molecule has 3 unspecified atom stereocenters. The van der Waals surface area contributed by atoms with E-state index < -0.39 is 17.7 Å². The fourth-order valence-electron chi connectivity index (χ4n) is 4.33. The molecule has 2 N–H and O–H groups in total. The topological polar surface area (TPSA) is 41.7 Å². The zero-order valence-electron chi connectivity index (χ0n) is 14.5. The van der Waals surface area contributed by atoms with E-state index in [1.807, 2.05) is 0 Å². The van der Waals surface area contributed by atoms with E-state index in [-0.39, 0.29) is 17.6 Å². The molecule has 3 heterocycles. The summed E-state index contributed by atoms with van der Waals surface area (Å²) in [5.41, 5.74) is 9.61. The molecular formula is C19H25F2N3O. The van der Waals surface area contributed by atoms with E-state index in [1.54, 1.807) is 5.57 Å². The molecule has 0 radical (unpaired) electrons. The number of halogens is 2. The lowest BCUT2D eigenvalue weighted by molar-refractivity contribution is -0.0465.